The molecule has 8 heteroatoms. The molecule has 2 heterocycles. The molecule has 0 aromatic heterocycles. The lowest BCUT2D eigenvalue weighted by Crippen LogP contribution is -2.34. The summed E-state index contributed by atoms with van der Waals surface area (Å²) in [7, 11) is -3.35. The van der Waals surface area contributed by atoms with E-state index in [9.17, 15) is 14.8 Å². The molecule has 0 aromatic rings. The van der Waals surface area contributed by atoms with Gasteiger partial charge in [0.05, 0.1) is 37.5 Å². The van der Waals surface area contributed by atoms with Gasteiger partial charge in [0, 0.05) is 6.42 Å². The molecule has 0 aliphatic carbocycles. The highest BCUT2D eigenvalue weighted by molar-refractivity contribution is 7.54. The van der Waals surface area contributed by atoms with Crippen LogP contribution in [-0.4, -0.2) is 58.6 Å². The van der Waals surface area contributed by atoms with E-state index in [1.54, 1.807) is 20.8 Å². The van der Waals surface area contributed by atoms with Crippen molar-refractivity contribution in [2.75, 3.05) is 13.2 Å². The van der Waals surface area contributed by atoms with Gasteiger partial charge in [0.15, 0.2) is 5.85 Å². The average molecular weight is 295 g/mol. The number of aliphatic hydroxyl groups excluding tert-OH is 2. The fourth-order valence-electron chi connectivity index (χ4n) is 2.67. The predicted octanol–water partition coefficient (Wildman–Crippen LogP) is 0.708. The Labute approximate surface area is 112 Å². The fraction of sp³-hybridized carbons (Fsp3) is 1.00. The SMILES string of the molecule is CCOP(=O)(OCC)[C@@H]1C[C@H]2[C@H](O)[C@H](O)[C@H](C)N2O1. The molecule has 2 aliphatic rings. The largest absolute Gasteiger partial charge is 0.389 e. The summed E-state index contributed by atoms with van der Waals surface area (Å²) >= 11 is 0. The zero-order valence-corrected chi connectivity index (χ0v) is 12.3. The van der Waals surface area contributed by atoms with Gasteiger partial charge in [0.25, 0.3) is 0 Å². The summed E-state index contributed by atoms with van der Waals surface area (Å²) in [6.45, 7) is 5.76. The van der Waals surface area contributed by atoms with Crippen LogP contribution in [0, 0.1) is 0 Å². The van der Waals surface area contributed by atoms with Gasteiger partial charge in [-0.05, 0) is 20.8 Å². The van der Waals surface area contributed by atoms with Crippen molar-refractivity contribution in [3.63, 3.8) is 0 Å². The van der Waals surface area contributed by atoms with Crippen LogP contribution in [0.25, 0.3) is 0 Å². The third kappa shape index (κ3) is 2.61. The molecule has 0 radical (unpaired) electrons. The maximum absolute atomic E-state index is 12.6. The molecule has 2 saturated heterocycles. The van der Waals surface area contributed by atoms with Gasteiger partial charge < -0.3 is 19.3 Å². The van der Waals surface area contributed by atoms with Gasteiger partial charge in [0.1, 0.15) is 0 Å². The Kier molecular flexibility index (Phi) is 4.67. The summed E-state index contributed by atoms with van der Waals surface area (Å²) in [5, 5.41) is 21.2. The van der Waals surface area contributed by atoms with E-state index in [1.807, 2.05) is 0 Å². The van der Waals surface area contributed by atoms with Crippen molar-refractivity contribution < 1.29 is 28.7 Å². The molecule has 2 aliphatic heterocycles. The summed E-state index contributed by atoms with van der Waals surface area (Å²) < 4.78 is 23.1. The summed E-state index contributed by atoms with van der Waals surface area (Å²) in [4.78, 5) is 5.61. The second-order valence-electron chi connectivity index (χ2n) is 4.82. The third-order valence-electron chi connectivity index (χ3n) is 3.62. The number of aliphatic hydroxyl groups is 2. The zero-order chi connectivity index (χ0) is 14.2. The first-order chi connectivity index (χ1) is 8.94. The summed E-state index contributed by atoms with van der Waals surface area (Å²) in [6, 6.07) is -0.717. The molecule has 19 heavy (non-hydrogen) atoms. The Hall–Kier alpha value is -0.0100. The van der Waals surface area contributed by atoms with Crippen LogP contribution in [0.3, 0.4) is 0 Å². The highest BCUT2D eigenvalue weighted by Gasteiger charge is 2.56. The van der Waals surface area contributed by atoms with E-state index < -0.39 is 25.6 Å². The monoisotopic (exact) mass is 295 g/mol. The summed E-state index contributed by atoms with van der Waals surface area (Å²) in [6.07, 6.45) is -1.44. The molecule has 2 N–H and O–H groups in total. The minimum atomic E-state index is -3.35. The highest BCUT2D eigenvalue weighted by atomic mass is 31.2. The smallest absolute Gasteiger partial charge is 0.361 e. The van der Waals surface area contributed by atoms with E-state index >= 15 is 0 Å². The average Bonchev–Trinajstić information content (AvgIpc) is 2.88. The van der Waals surface area contributed by atoms with E-state index in [2.05, 4.69) is 0 Å². The van der Waals surface area contributed by atoms with Crippen LogP contribution in [0.2, 0.25) is 0 Å². The first-order valence-corrected chi connectivity index (χ1v) is 8.25. The number of fused-ring (bicyclic) bond motifs is 1. The molecule has 0 unspecified atom stereocenters. The summed E-state index contributed by atoms with van der Waals surface area (Å²) in [5.74, 6) is -0.720. The van der Waals surface area contributed by atoms with E-state index in [1.165, 1.54) is 5.06 Å². The number of hydrogen-bond acceptors (Lipinski definition) is 7. The van der Waals surface area contributed by atoms with Gasteiger partial charge in [-0.3, -0.25) is 9.40 Å². The van der Waals surface area contributed by atoms with Crippen molar-refractivity contribution in [1.29, 1.82) is 0 Å². The lowest BCUT2D eigenvalue weighted by molar-refractivity contribution is -0.163. The predicted molar refractivity (Wildman–Crippen MR) is 67.5 cm³/mol. The molecule has 2 rings (SSSR count). The first-order valence-electron chi connectivity index (χ1n) is 6.64. The Balaban J connectivity index is 2.12. The second-order valence-corrected chi connectivity index (χ2v) is 6.99. The van der Waals surface area contributed by atoms with Gasteiger partial charge in [-0.15, -0.1) is 0 Å². The topological polar surface area (TPSA) is 88.5 Å². The zero-order valence-electron chi connectivity index (χ0n) is 11.4. The Morgan fingerprint density at radius 2 is 1.84 bits per heavy atom. The standard InChI is InChI=1S/C11H22NO6P/c1-4-16-19(15,17-5-2)9-6-8-11(14)10(13)7(3)12(8)18-9/h7-11,13-14H,4-6H2,1-3H3/t7-,8-,9+,10+,11-/m0/s1. The lowest BCUT2D eigenvalue weighted by atomic mass is 10.1. The highest BCUT2D eigenvalue weighted by Crippen LogP contribution is 2.58. The van der Waals surface area contributed by atoms with Crippen molar-refractivity contribution in [2.45, 2.75) is 57.3 Å². The lowest BCUT2D eigenvalue weighted by Gasteiger charge is -2.25. The van der Waals surface area contributed by atoms with Crippen molar-refractivity contribution in [1.82, 2.24) is 5.06 Å². The van der Waals surface area contributed by atoms with Crippen LogP contribution in [0.4, 0.5) is 0 Å². The van der Waals surface area contributed by atoms with Gasteiger partial charge in [-0.25, -0.2) is 0 Å². The Morgan fingerprint density at radius 3 is 2.32 bits per heavy atom. The van der Waals surface area contributed by atoms with Crippen LogP contribution < -0.4 is 0 Å². The molecule has 0 aromatic carbocycles. The first kappa shape index (κ1) is 15.4. The molecular weight excluding hydrogens is 273 g/mol. The number of nitrogens with zero attached hydrogens (tertiary/aromatic N) is 1. The third-order valence-corrected chi connectivity index (χ3v) is 5.87. The summed E-state index contributed by atoms with van der Waals surface area (Å²) in [5.41, 5.74) is 0. The second kappa shape index (κ2) is 5.77. The van der Waals surface area contributed by atoms with Gasteiger partial charge in [-0.1, -0.05) is 0 Å². The van der Waals surface area contributed by atoms with Crippen LogP contribution in [0.1, 0.15) is 27.2 Å². The van der Waals surface area contributed by atoms with Gasteiger partial charge >= 0.3 is 7.60 Å². The molecule has 0 bridgehead atoms. The molecule has 0 saturated carbocycles. The van der Waals surface area contributed by atoms with E-state index in [-0.39, 0.29) is 25.3 Å². The minimum absolute atomic E-state index is 0.266. The molecule has 2 fully saturated rings. The Bertz CT molecular complexity index is 339. The van der Waals surface area contributed by atoms with Crippen LogP contribution >= 0.6 is 7.60 Å². The van der Waals surface area contributed by atoms with Crippen LogP contribution in [0.15, 0.2) is 0 Å². The number of hydroxylamine groups is 2. The maximum atomic E-state index is 12.6. The molecule has 5 atom stereocenters. The van der Waals surface area contributed by atoms with Crippen LogP contribution in [-0.2, 0) is 18.5 Å². The van der Waals surface area contributed by atoms with E-state index in [0.717, 1.165) is 0 Å². The normalized spacial score (nSPS) is 39.7. The van der Waals surface area contributed by atoms with Crippen molar-refractivity contribution in [3.05, 3.63) is 0 Å². The number of rotatable bonds is 5. The van der Waals surface area contributed by atoms with Crippen molar-refractivity contribution in [2.24, 2.45) is 0 Å². The minimum Gasteiger partial charge on any atom is -0.389 e. The maximum Gasteiger partial charge on any atom is 0.361 e. The Morgan fingerprint density at radius 1 is 1.26 bits per heavy atom. The van der Waals surface area contributed by atoms with E-state index in [0.29, 0.717) is 6.42 Å². The van der Waals surface area contributed by atoms with E-state index in [4.69, 9.17) is 13.9 Å². The molecular formula is C11H22NO6P. The molecule has 0 amide bonds. The molecule has 0 spiro atoms. The van der Waals surface area contributed by atoms with Crippen molar-refractivity contribution >= 4 is 7.60 Å². The quantitative estimate of drug-likeness (QED) is 0.722. The molecule has 7 nitrogen and oxygen atoms in total. The van der Waals surface area contributed by atoms with Gasteiger partial charge in [0.2, 0.25) is 0 Å². The molecule has 112 valence electrons. The number of hydrogen-bond donors (Lipinski definition) is 2. The fourth-order valence-corrected chi connectivity index (χ4v) is 4.50. The van der Waals surface area contributed by atoms with Crippen molar-refractivity contribution in [3.8, 4) is 0 Å². The van der Waals surface area contributed by atoms with Gasteiger partial charge in [-0.2, -0.15) is 5.06 Å². The van der Waals surface area contributed by atoms with Crippen LogP contribution in [0.5, 0.6) is 0 Å².